The van der Waals surface area contributed by atoms with E-state index < -0.39 is 4.92 Å². The summed E-state index contributed by atoms with van der Waals surface area (Å²) < 4.78 is 0. The minimum Gasteiger partial charge on any atom is -0.383 e. The highest BCUT2D eigenvalue weighted by molar-refractivity contribution is 7.14. The summed E-state index contributed by atoms with van der Waals surface area (Å²) >= 11 is 1.30. The third-order valence-corrected chi connectivity index (χ3v) is 3.10. The molecule has 98 valence electrons. The van der Waals surface area contributed by atoms with E-state index in [1.807, 2.05) is 0 Å². The molecule has 0 bridgehead atoms. The van der Waals surface area contributed by atoms with Gasteiger partial charge in [-0.15, -0.1) is 11.3 Å². The second kappa shape index (κ2) is 5.44. The second-order valence-corrected chi connectivity index (χ2v) is 4.58. The molecule has 1 aromatic heterocycles. The Labute approximate surface area is 112 Å². The van der Waals surface area contributed by atoms with Crippen LogP contribution in [-0.4, -0.2) is 16.1 Å². The maximum atomic E-state index is 11.0. The number of nitrogens with two attached hydrogens (primary N) is 1. The van der Waals surface area contributed by atoms with Gasteiger partial charge in [0.25, 0.3) is 5.69 Å². The van der Waals surface area contributed by atoms with Crippen LogP contribution in [0.2, 0.25) is 0 Å². The van der Waals surface area contributed by atoms with Gasteiger partial charge in [-0.3, -0.25) is 15.5 Å². The Bertz CT molecular complexity index is 638. The lowest BCUT2D eigenvalue weighted by atomic mass is 10.1. The third kappa shape index (κ3) is 3.05. The first kappa shape index (κ1) is 13.0. The van der Waals surface area contributed by atoms with Crippen LogP contribution in [0, 0.1) is 17.0 Å². The topological polar surface area (TPSA) is 106 Å². The highest BCUT2D eigenvalue weighted by Crippen LogP contribution is 2.21. The number of nitro benzene ring substituents is 1. The molecule has 0 saturated heterocycles. The number of rotatable bonds is 4. The van der Waals surface area contributed by atoms with Crippen molar-refractivity contribution in [3.63, 3.8) is 0 Å². The van der Waals surface area contributed by atoms with E-state index in [1.54, 1.807) is 30.5 Å². The van der Waals surface area contributed by atoms with E-state index in [1.165, 1.54) is 17.6 Å². The van der Waals surface area contributed by atoms with E-state index >= 15 is 0 Å². The molecule has 0 unspecified atom stereocenters. The van der Waals surface area contributed by atoms with Crippen LogP contribution in [0.4, 0.5) is 16.6 Å². The van der Waals surface area contributed by atoms with Crippen LogP contribution in [-0.2, 0) is 0 Å². The first-order valence-electron chi connectivity index (χ1n) is 5.32. The Morgan fingerprint density at radius 2 is 2.37 bits per heavy atom. The number of aryl methyl sites for hydroxylation is 1. The molecule has 1 heterocycles. The third-order valence-electron chi connectivity index (χ3n) is 2.34. The molecule has 2 rings (SSSR count). The summed E-state index contributed by atoms with van der Waals surface area (Å²) in [6.07, 6.45) is 1.39. The Balaban J connectivity index is 2.19. The van der Waals surface area contributed by atoms with Gasteiger partial charge in [0.05, 0.1) is 16.7 Å². The summed E-state index contributed by atoms with van der Waals surface area (Å²) in [5.74, 6) is 0.407. The van der Waals surface area contributed by atoms with Crippen LogP contribution in [0.3, 0.4) is 0 Å². The summed E-state index contributed by atoms with van der Waals surface area (Å²) in [5, 5.41) is 17.1. The van der Waals surface area contributed by atoms with E-state index in [4.69, 9.17) is 5.73 Å². The average molecular weight is 277 g/mol. The van der Waals surface area contributed by atoms with Gasteiger partial charge in [-0.2, -0.15) is 5.10 Å². The molecule has 0 spiro atoms. The van der Waals surface area contributed by atoms with Gasteiger partial charge in [-0.1, -0.05) is 12.1 Å². The van der Waals surface area contributed by atoms with E-state index in [0.29, 0.717) is 22.1 Å². The quantitative estimate of drug-likeness (QED) is 0.507. The number of hydrazone groups is 1. The van der Waals surface area contributed by atoms with Crippen molar-refractivity contribution in [2.24, 2.45) is 5.10 Å². The zero-order valence-corrected chi connectivity index (χ0v) is 10.8. The van der Waals surface area contributed by atoms with Crippen molar-refractivity contribution in [3.8, 4) is 0 Å². The number of nitrogens with zero attached hydrogens (tertiary/aromatic N) is 3. The molecule has 0 aliphatic carbocycles. The van der Waals surface area contributed by atoms with Crippen molar-refractivity contribution in [3.05, 3.63) is 44.8 Å². The molecule has 1 aromatic carbocycles. The highest BCUT2D eigenvalue weighted by Gasteiger charge is 2.14. The number of aromatic nitrogens is 1. The Hall–Kier alpha value is -2.48. The Morgan fingerprint density at radius 3 is 3.00 bits per heavy atom. The van der Waals surface area contributed by atoms with Gasteiger partial charge >= 0.3 is 0 Å². The van der Waals surface area contributed by atoms with Crippen LogP contribution < -0.4 is 11.2 Å². The minimum atomic E-state index is -0.419. The fourth-order valence-electron chi connectivity index (χ4n) is 1.53. The fraction of sp³-hybridized carbons (Fsp3) is 0.0909. The summed E-state index contributed by atoms with van der Waals surface area (Å²) in [6.45, 7) is 1.68. The molecule has 0 saturated carbocycles. The molecule has 0 aliphatic heterocycles. The number of benzene rings is 1. The van der Waals surface area contributed by atoms with Gasteiger partial charge in [-0.05, 0) is 13.0 Å². The van der Waals surface area contributed by atoms with E-state index in [2.05, 4.69) is 15.5 Å². The lowest BCUT2D eigenvalue weighted by Gasteiger charge is -2.00. The van der Waals surface area contributed by atoms with Gasteiger partial charge in [-0.25, -0.2) is 4.98 Å². The average Bonchev–Trinajstić information content (AvgIpc) is 2.74. The molecule has 0 radical (unpaired) electrons. The lowest BCUT2D eigenvalue weighted by Crippen LogP contribution is -1.98. The predicted molar refractivity (Wildman–Crippen MR) is 75.6 cm³/mol. The molecule has 7 nitrogen and oxygen atoms in total. The molecule has 8 heteroatoms. The SMILES string of the molecule is Cc1cccc(C=NNc2nc(N)cs2)c1[N+](=O)[O-]. The molecule has 2 aromatic rings. The zero-order chi connectivity index (χ0) is 13.8. The fourth-order valence-corrected chi connectivity index (χ4v) is 2.08. The Morgan fingerprint density at radius 1 is 1.58 bits per heavy atom. The number of nitrogen functional groups attached to an aromatic ring is 1. The molecule has 3 N–H and O–H groups in total. The summed E-state index contributed by atoms with van der Waals surface area (Å²) in [4.78, 5) is 14.5. The number of nitro groups is 1. The van der Waals surface area contributed by atoms with Crippen LogP contribution in [0.1, 0.15) is 11.1 Å². The molecular formula is C11H11N5O2S. The van der Waals surface area contributed by atoms with Crippen molar-refractivity contribution in [2.75, 3.05) is 11.2 Å². The van der Waals surface area contributed by atoms with Crippen LogP contribution in [0.25, 0.3) is 0 Å². The molecule has 0 aliphatic rings. The van der Waals surface area contributed by atoms with Gasteiger partial charge in [0.2, 0.25) is 5.13 Å². The van der Waals surface area contributed by atoms with Crippen LogP contribution in [0.5, 0.6) is 0 Å². The zero-order valence-electron chi connectivity index (χ0n) is 10.0. The number of nitrogens with one attached hydrogen (secondary N) is 1. The van der Waals surface area contributed by atoms with Crippen molar-refractivity contribution in [1.29, 1.82) is 0 Å². The van der Waals surface area contributed by atoms with Gasteiger partial charge < -0.3 is 5.73 Å². The summed E-state index contributed by atoms with van der Waals surface area (Å²) in [5.41, 5.74) is 9.21. The lowest BCUT2D eigenvalue weighted by molar-refractivity contribution is -0.385. The standard InChI is InChI=1S/C11H11N5O2S/c1-7-3-2-4-8(10(7)16(17)18)5-13-15-11-14-9(12)6-19-11/h2-6H,12H2,1H3,(H,14,15). The van der Waals surface area contributed by atoms with Crippen molar-refractivity contribution in [2.45, 2.75) is 6.92 Å². The molecular weight excluding hydrogens is 266 g/mol. The molecule has 0 fully saturated rings. The van der Waals surface area contributed by atoms with E-state index in [0.717, 1.165) is 0 Å². The number of thiazole rings is 1. The van der Waals surface area contributed by atoms with E-state index in [-0.39, 0.29) is 5.69 Å². The van der Waals surface area contributed by atoms with Crippen LogP contribution in [0.15, 0.2) is 28.7 Å². The van der Waals surface area contributed by atoms with E-state index in [9.17, 15) is 10.1 Å². The van der Waals surface area contributed by atoms with Crippen molar-refractivity contribution < 1.29 is 4.92 Å². The largest absolute Gasteiger partial charge is 0.383 e. The summed E-state index contributed by atoms with van der Waals surface area (Å²) in [7, 11) is 0. The van der Waals surface area contributed by atoms with Gasteiger partial charge in [0.1, 0.15) is 5.82 Å². The van der Waals surface area contributed by atoms with Gasteiger partial charge in [0.15, 0.2) is 0 Å². The minimum absolute atomic E-state index is 0.0479. The maximum absolute atomic E-state index is 11.0. The number of para-hydroxylation sites is 1. The predicted octanol–water partition coefficient (Wildman–Crippen LogP) is 2.39. The maximum Gasteiger partial charge on any atom is 0.281 e. The normalized spacial score (nSPS) is 10.8. The molecule has 0 amide bonds. The van der Waals surface area contributed by atoms with Gasteiger partial charge in [0, 0.05) is 10.9 Å². The van der Waals surface area contributed by atoms with Crippen molar-refractivity contribution >= 4 is 34.2 Å². The number of anilines is 2. The van der Waals surface area contributed by atoms with Crippen LogP contribution >= 0.6 is 11.3 Å². The molecule has 19 heavy (non-hydrogen) atoms. The number of hydrogen-bond donors (Lipinski definition) is 2. The first-order chi connectivity index (χ1) is 9.08. The highest BCUT2D eigenvalue weighted by atomic mass is 32.1. The monoisotopic (exact) mass is 277 g/mol. The second-order valence-electron chi connectivity index (χ2n) is 3.72. The number of hydrogen-bond acceptors (Lipinski definition) is 7. The molecule has 0 atom stereocenters. The Kier molecular flexibility index (Phi) is 3.71. The first-order valence-corrected chi connectivity index (χ1v) is 6.20. The smallest absolute Gasteiger partial charge is 0.281 e. The summed E-state index contributed by atoms with van der Waals surface area (Å²) in [6, 6.07) is 5.06. The van der Waals surface area contributed by atoms with Crippen molar-refractivity contribution in [1.82, 2.24) is 4.98 Å².